The Balaban J connectivity index is 1.38. The van der Waals surface area contributed by atoms with E-state index in [0.29, 0.717) is 28.4 Å². The number of ether oxygens (including phenoxy) is 3. The summed E-state index contributed by atoms with van der Waals surface area (Å²) in [6, 6.07) is 21.9. The lowest BCUT2D eigenvalue weighted by atomic mass is 10.1. The SMILES string of the molecule is COc1ccc(C(=O)Oc2ccc(/C=N/NC(=O)c3cc4ccccc4cc3O)cc2)cc1OC. The molecule has 0 saturated carbocycles. The summed E-state index contributed by atoms with van der Waals surface area (Å²) in [6.07, 6.45) is 1.44. The maximum absolute atomic E-state index is 12.4. The summed E-state index contributed by atoms with van der Waals surface area (Å²) in [6.45, 7) is 0. The van der Waals surface area contributed by atoms with Crippen molar-refractivity contribution in [2.24, 2.45) is 5.10 Å². The number of phenolic OH excluding ortho intramolecular Hbond substituents is 1. The summed E-state index contributed by atoms with van der Waals surface area (Å²) < 4.78 is 15.8. The molecule has 0 bridgehead atoms. The number of hydrogen-bond donors (Lipinski definition) is 2. The summed E-state index contributed by atoms with van der Waals surface area (Å²) in [5.41, 5.74) is 3.51. The molecule has 8 heteroatoms. The standard InChI is InChI=1S/C27H22N2O6/c1-33-24-12-9-20(15-25(24)34-2)27(32)35-21-10-7-17(8-11-21)16-28-29-26(31)22-13-18-5-3-4-6-19(18)14-23(22)30/h3-16,30H,1-2H3,(H,29,31)/b28-16+. The molecule has 35 heavy (non-hydrogen) atoms. The van der Waals surface area contributed by atoms with E-state index in [1.807, 2.05) is 24.3 Å². The van der Waals surface area contributed by atoms with Gasteiger partial charge in [-0.2, -0.15) is 5.10 Å². The van der Waals surface area contributed by atoms with Gasteiger partial charge in [0.1, 0.15) is 11.5 Å². The van der Waals surface area contributed by atoms with Crippen LogP contribution in [0.5, 0.6) is 23.0 Å². The van der Waals surface area contributed by atoms with E-state index in [9.17, 15) is 14.7 Å². The second-order valence-corrected chi connectivity index (χ2v) is 7.44. The normalized spacial score (nSPS) is 10.8. The van der Waals surface area contributed by atoms with Crippen molar-refractivity contribution in [2.45, 2.75) is 0 Å². The van der Waals surface area contributed by atoms with Gasteiger partial charge in [0.2, 0.25) is 0 Å². The number of carbonyl (C=O) groups excluding carboxylic acids is 2. The Labute approximate surface area is 201 Å². The molecule has 0 atom stereocenters. The molecule has 0 fully saturated rings. The van der Waals surface area contributed by atoms with E-state index in [0.717, 1.165) is 10.8 Å². The highest BCUT2D eigenvalue weighted by Crippen LogP contribution is 2.28. The van der Waals surface area contributed by atoms with Crippen LogP contribution in [0.25, 0.3) is 10.8 Å². The Kier molecular flexibility index (Phi) is 6.92. The highest BCUT2D eigenvalue weighted by molar-refractivity contribution is 6.01. The van der Waals surface area contributed by atoms with Crippen LogP contribution in [-0.4, -0.2) is 37.4 Å². The van der Waals surface area contributed by atoms with E-state index in [-0.39, 0.29) is 11.3 Å². The largest absolute Gasteiger partial charge is 0.507 e. The summed E-state index contributed by atoms with van der Waals surface area (Å²) in [5, 5.41) is 15.8. The summed E-state index contributed by atoms with van der Waals surface area (Å²) in [5.74, 6) is 0.0621. The number of fused-ring (bicyclic) bond motifs is 1. The molecule has 0 aliphatic rings. The zero-order valence-corrected chi connectivity index (χ0v) is 19.0. The fraction of sp³-hybridized carbons (Fsp3) is 0.0741. The Morgan fingerprint density at radius 1 is 0.857 bits per heavy atom. The van der Waals surface area contributed by atoms with Crippen LogP contribution in [0.15, 0.2) is 84.0 Å². The first-order chi connectivity index (χ1) is 17.0. The fourth-order valence-electron chi connectivity index (χ4n) is 3.39. The van der Waals surface area contributed by atoms with E-state index in [2.05, 4.69) is 10.5 Å². The molecule has 0 aliphatic heterocycles. The quantitative estimate of drug-likeness (QED) is 0.178. The van der Waals surface area contributed by atoms with Gasteiger partial charge in [-0.05, 0) is 70.9 Å². The van der Waals surface area contributed by atoms with Crippen LogP contribution in [0.2, 0.25) is 0 Å². The molecular formula is C27H22N2O6. The number of benzene rings is 4. The predicted octanol–water partition coefficient (Wildman–Crippen LogP) is 4.55. The van der Waals surface area contributed by atoms with Crippen molar-refractivity contribution < 1.29 is 28.9 Å². The third kappa shape index (κ3) is 5.39. The Hall–Kier alpha value is -4.85. The Bertz CT molecular complexity index is 1410. The molecule has 4 aromatic rings. The number of amides is 1. The van der Waals surface area contributed by atoms with Gasteiger partial charge in [0, 0.05) is 0 Å². The number of carbonyl (C=O) groups is 2. The second kappa shape index (κ2) is 10.4. The number of hydrazone groups is 1. The van der Waals surface area contributed by atoms with Gasteiger partial charge in [0.05, 0.1) is 31.6 Å². The first-order valence-electron chi connectivity index (χ1n) is 10.6. The number of methoxy groups -OCH3 is 2. The molecule has 176 valence electrons. The van der Waals surface area contributed by atoms with Gasteiger partial charge in [-0.25, -0.2) is 10.2 Å². The lowest BCUT2D eigenvalue weighted by Crippen LogP contribution is -2.17. The van der Waals surface area contributed by atoms with Crippen LogP contribution in [0.4, 0.5) is 0 Å². The minimum atomic E-state index is -0.546. The average Bonchev–Trinajstić information content (AvgIpc) is 2.88. The number of nitrogens with zero attached hydrogens (tertiary/aromatic N) is 1. The molecule has 0 radical (unpaired) electrons. The molecule has 0 aromatic heterocycles. The van der Waals surface area contributed by atoms with Gasteiger partial charge in [-0.3, -0.25) is 4.79 Å². The fourth-order valence-corrected chi connectivity index (χ4v) is 3.39. The first-order valence-corrected chi connectivity index (χ1v) is 10.6. The molecule has 0 heterocycles. The smallest absolute Gasteiger partial charge is 0.343 e. The van der Waals surface area contributed by atoms with Crippen LogP contribution in [0, 0.1) is 0 Å². The van der Waals surface area contributed by atoms with E-state index < -0.39 is 11.9 Å². The summed E-state index contributed by atoms with van der Waals surface area (Å²) in [4.78, 5) is 24.9. The van der Waals surface area contributed by atoms with E-state index in [1.54, 1.807) is 42.5 Å². The van der Waals surface area contributed by atoms with Crippen LogP contribution < -0.4 is 19.6 Å². The average molecular weight is 470 g/mol. The van der Waals surface area contributed by atoms with E-state index in [1.165, 1.54) is 32.6 Å². The maximum atomic E-state index is 12.4. The van der Waals surface area contributed by atoms with Crippen LogP contribution in [0.1, 0.15) is 26.3 Å². The number of hydrogen-bond acceptors (Lipinski definition) is 7. The van der Waals surface area contributed by atoms with Crippen molar-refractivity contribution >= 4 is 28.9 Å². The van der Waals surface area contributed by atoms with Gasteiger partial charge in [-0.1, -0.05) is 24.3 Å². The minimum absolute atomic E-state index is 0.123. The third-order valence-corrected chi connectivity index (χ3v) is 5.20. The molecule has 4 rings (SSSR count). The van der Waals surface area contributed by atoms with Crippen molar-refractivity contribution in [3.8, 4) is 23.0 Å². The molecule has 0 unspecified atom stereocenters. The van der Waals surface area contributed by atoms with Gasteiger partial charge < -0.3 is 19.3 Å². The van der Waals surface area contributed by atoms with E-state index in [4.69, 9.17) is 14.2 Å². The number of esters is 1. The summed E-state index contributed by atoms with van der Waals surface area (Å²) >= 11 is 0. The first kappa shape index (κ1) is 23.3. The van der Waals surface area contributed by atoms with Crippen molar-refractivity contribution in [1.82, 2.24) is 5.43 Å². The lowest BCUT2D eigenvalue weighted by Gasteiger charge is -2.09. The number of aromatic hydroxyl groups is 1. The Morgan fingerprint density at radius 3 is 2.23 bits per heavy atom. The predicted molar refractivity (Wildman–Crippen MR) is 132 cm³/mol. The van der Waals surface area contributed by atoms with Gasteiger partial charge in [0.25, 0.3) is 5.91 Å². The van der Waals surface area contributed by atoms with Crippen LogP contribution in [0.3, 0.4) is 0 Å². The molecule has 0 saturated heterocycles. The lowest BCUT2D eigenvalue weighted by molar-refractivity contribution is 0.0734. The van der Waals surface area contributed by atoms with Crippen molar-refractivity contribution in [3.63, 3.8) is 0 Å². The van der Waals surface area contributed by atoms with E-state index >= 15 is 0 Å². The van der Waals surface area contributed by atoms with Crippen LogP contribution >= 0.6 is 0 Å². The number of rotatable bonds is 7. The summed E-state index contributed by atoms with van der Waals surface area (Å²) in [7, 11) is 3.00. The highest BCUT2D eigenvalue weighted by Gasteiger charge is 2.13. The molecule has 8 nitrogen and oxygen atoms in total. The van der Waals surface area contributed by atoms with Crippen molar-refractivity contribution in [1.29, 1.82) is 0 Å². The molecule has 0 aliphatic carbocycles. The molecule has 1 amide bonds. The van der Waals surface area contributed by atoms with Gasteiger partial charge in [0.15, 0.2) is 11.5 Å². The van der Waals surface area contributed by atoms with Crippen molar-refractivity contribution in [2.75, 3.05) is 14.2 Å². The van der Waals surface area contributed by atoms with Crippen LogP contribution in [-0.2, 0) is 0 Å². The topological polar surface area (TPSA) is 106 Å². The van der Waals surface area contributed by atoms with Gasteiger partial charge in [-0.15, -0.1) is 0 Å². The monoisotopic (exact) mass is 470 g/mol. The zero-order chi connectivity index (χ0) is 24.8. The number of phenols is 1. The second-order valence-electron chi connectivity index (χ2n) is 7.44. The Morgan fingerprint density at radius 2 is 1.54 bits per heavy atom. The highest BCUT2D eigenvalue weighted by atomic mass is 16.5. The maximum Gasteiger partial charge on any atom is 0.343 e. The number of nitrogens with one attached hydrogen (secondary N) is 1. The third-order valence-electron chi connectivity index (χ3n) is 5.20. The zero-order valence-electron chi connectivity index (χ0n) is 19.0. The molecule has 0 spiro atoms. The molecular weight excluding hydrogens is 448 g/mol. The van der Waals surface area contributed by atoms with Gasteiger partial charge >= 0.3 is 5.97 Å². The molecule has 4 aromatic carbocycles. The minimum Gasteiger partial charge on any atom is -0.507 e. The van der Waals surface area contributed by atoms with Crippen molar-refractivity contribution in [3.05, 3.63) is 95.6 Å². The molecule has 2 N–H and O–H groups in total.